The molecule has 166 valence electrons. The number of esters is 2. The van der Waals surface area contributed by atoms with Gasteiger partial charge in [0, 0.05) is 11.6 Å². The topological polar surface area (TPSA) is 90.9 Å². The summed E-state index contributed by atoms with van der Waals surface area (Å²) in [6.07, 6.45) is 3.86. The largest absolute Gasteiger partial charge is 0.493 e. The van der Waals surface area contributed by atoms with Crippen LogP contribution in [0.1, 0.15) is 58.3 Å². The Hall–Kier alpha value is -3.13. The van der Waals surface area contributed by atoms with Crippen molar-refractivity contribution in [2.75, 3.05) is 25.1 Å². The van der Waals surface area contributed by atoms with Crippen LogP contribution in [0.3, 0.4) is 0 Å². The number of para-hydroxylation sites is 1. The molecule has 0 fully saturated rings. The summed E-state index contributed by atoms with van der Waals surface area (Å²) in [5, 5.41) is 2.92. The van der Waals surface area contributed by atoms with Crippen molar-refractivity contribution in [3.63, 3.8) is 0 Å². The zero-order valence-corrected chi connectivity index (χ0v) is 19.0. The number of hydrogen-bond acceptors (Lipinski definition) is 7. The van der Waals surface area contributed by atoms with E-state index in [2.05, 4.69) is 5.32 Å². The maximum atomic E-state index is 12.6. The standard InChI is InChI=1S/C23H27NO6S/c1-5-14-30-17-11-9-8-10-16(17)12-13-18(25)24-21-19(22(26)28-6-2)15(4)20(31-21)23(27)29-7-3/h8-13H,5-7,14H2,1-4H3,(H,24,25)/b13-12+. The predicted molar refractivity (Wildman–Crippen MR) is 121 cm³/mol. The SMILES string of the molecule is CCCOc1ccccc1/C=C/C(=O)Nc1sc(C(=O)OCC)c(C)c1C(=O)OCC. The number of ether oxygens (including phenoxy) is 3. The summed E-state index contributed by atoms with van der Waals surface area (Å²) >= 11 is 0.987. The van der Waals surface area contributed by atoms with E-state index in [0.717, 1.165) is 23.3 Å². The van der Waals surface area contributed by atoms with Crippen LogP contribution in [0.15, 0.2) is 30.3 Å². The van der Waals surface area contributed by atoms with Crippen LogP contribution in [0.4, 0.5) is 5.00 Å². The first-order valence-corrected chi connectivity index (χ1v) is 10.9. The Labute approximate surface area is 186 Å². The lowest BCUT2D eigenvalue weighted by Crippen LogP contribution is -2.13. The van der Waals surface area contributed by atoms with E-state index in [4.69, 9.17) is 14.2 Å². The highest BCUT2D eigenvalue weighted by Crippen LogP contribution is 2.34. The van der Waals surface area contributed by atoms with E-state index in [1.165, 1.54) is 6.08 Å². The molecule has 0 radical (unpaired) electrons. The maximum absolute atomic E-state index is 12.6. The van der Waals surface area contributed by atoms with Crippen LogP contribution in [0, 0.1) is 6.92 Å². The molecule has 1 amide bonds. The van der Waals surface area contributed by atoms with Gasteiger partial charge in [-0.2, -0.15) is 0 Å². The Balaban J connectivity index is 2.27. The van der Waals surface area contributed by atoms with E-state index in [1.807, 2.05) is 31.2 Å². The summed E-state index contributed by atoms with van der Waals surface area (Å²) in [6.45, 7) is 7.97. The van der Waals surface area contributed by atoms with Crippen molar-refractivity contribution in [2.45, 2.75) is 34.1 Å². The van der Waals surface area contributed by atoms with Crippen molar-refractivity contribution in [1.82, 2.24) is 0 Å². The third-order valence-electron chi connectivity index (χ3n) is 4.12. The lowest BCUT2D eigenvalue weighted by atomic mass is 10.1. The van der Waals surface area contributed by atoms with Gasteiger partial charge in [-0.05, 0) is 44.9 Å². The van der Waals surface area contributed by atoms with Gasteiger partial charge in [0.2, 0.25) is 5.91 Å². The molecule has 0 spiro atoms. The van der Waals surface area contributed by atoms with Gasteiger partial charge in [-0.1, -0.05) is 25.1 Å². The third kappa shape index (κ3) is 6.42. The molecular formula is C23H27NO6S. The zero-order chi connectivity index (χ0) is 22.8. The maximum Gasteiger partial charge on any atom is 0.348 e. The molecule has 0 atom stereocenters. The normalized spacial score (nSPS) is 10.7. The number of nitrogens with one attached hydrogen (secondary N) is 1. The molecule has 1 N–H and O–H groups in total. The summed E-state index contributed by atoms with van der Waals surface area (Å²) in [7, 11) is 0. The summed E-state index contributed by atoms with van der Waals surface area (Å²) in [5.74, 6) is -0.928. The van der Waals surface area contributed by atoms with Crippen molar-refractivity contribution >= 4 is 40.3 Å². The second-order valence-electron chi connectivity index (χ2n) is 6.41. The van der Waals surface area contributed by atoms with E-state index in [9.17, 15) is 14.4 Å². The fourth-order valence-electron chi connectivity index (χ4n) is 2.72. The minimum atomic E-state index is -0.607. The Kier molecular flexibility index (Phi) is 9.27. The summed E-state index contributed by atoms with van der Waals surface area (Å²) in [6, 6.07) is 7.39. The van der Waals surface area contributed by atoms with Gasteiger partial charge in [0.05, 0.1) is 25.4 Å². The van der Waals surface area contributed by atoms with E-state index >= 15 is 0 Å². The number of anilines is 1. The van der Waals surface area contributed by atoms with Crippen LogP contribution < -0.4 is 10.1 Å². The lowest BCUT2D eigenvalue weighted by molar-refractivity contribution is -0.111. The Morgan fingerprint density at radius 2 is 1.71 bits per heavy atom. The molecular weight excluding hydrogens is 418 g/mol. The zero-order valence-electron chi connectivity index (χ0n) is 18.2. The monoisotopic (exact) mass is 445 g/mol. The van der Waals surface area contributed by atoms with Crippen molar-refractivity contribution in [1.29, 1.82) is 0 Å². The Bertz CT molecular complexity index is 963. The number of carbonyl (C=O) groups is 3. The first kappa shape index (κ1) is 24.1. The van der Waals surface area contributed by atoms with Gasteiger partial charge in [-0.15, -0.1) is 11.3 Å². The van der Waals surface area contributed by atoms with Gasteiger partial charge in [-0.3, -0.25) is 4.79 Å². The van der Waals surface area contributed by atoms with Crippen LogP contribution in [-0.4, -0.2) is 37.7 Å². The van der Waals surface area contributed by atoms with Gasteiger partial charge in [0.1, 0.15) is 15.6 Å². The van der Waals surface area contributed by atoms with Gasteiger partial charge in [0.15, 0.2) is 0 Å². The third-order valence-corrected chi connectivity index (χ3v) is 5.31. The predicted octanol–water partition coefficient (Wildman–Crippen LogP) is 4.85. The van der Waals surface area contributed by atoms with Gasteiger partial charge < -0.3 is 19.5 Å². The molecule has 0 aliphatic rings. The van der Waals surface area contributed by atoms with E-state index in [-0.39, 0.29) is 28.7 Å². The Morgan fingerprint density at radius 1 is 1.03 bits per heavy atom. The molecule has 1 heterocycles. The molecule has 2 aromatic rings. The van der Waals surface area contributed by atoms with Crippen molar-refractivity contribution in [2.24, 2.45) is 0 Å². The van der Waals surface area contributed by atoms with E-state index < -0.39 is 17.8 Å². The molecule has 8 heteroatoms. The highest BCUT2D eigenvalue weighted by molar-refractivity contribution is 7.18. The minimum Gasteiger partial charge on any atom is -0.493 e. The van der Waals surface area contributed by atoms with Crippen LogP contribution >= 0.6 is 11.3 Å². The van der Waals surface area contributed by atoms with Crippen LogP contribution in [-0.2, 0) is 14.3 Å². The fourth-order valence-corrected chi connectivity index (χ4v) is 3.81. The van der Waals surface area contributed by atoms with Crippen LogP contribution in [0.2, 0.25) is 0 Å². The first-order valence-electron chi connectivity index (χ1n) is 10.1. The van der Waals surface area contributed by atoms with Crippen LogP contribution in [0.5, 0.6) is 5.75 Å². The highest BCUT2D eigenvalue weighted by atomic mass is 32.1. The summed E-state index contributed by atoms with van der Waals surface area (Å²) in [5.41, 5.74) is 1.33. The Morgan fingerprint density at radius 3 is 2.39 bits per heavy atom. The fraction of sp³-hybridized carbons (Fsp3) is 0.348. The smallest absolute Gasteiger partial charge is 0.348 e. The first-order chi connectivity index (χ1) is 14.9. The second-order valence-corrected chi connectivity index (χ2v) is 7.43. The van der Waals surface area contributed by atoms with Crippen molar-refractivity contribution in [3.05, 3.63) is 51.9 Å². The molecule has 0 saturated heterocycles. The molecule has 1 aromatic carbocycles. The highest BCUT2D eigenvalue weighted by Gasteiger charge is 2.27. The van der Waals surface area contributed by atoms with E-state index in [1.54, 1.807) is 26.8 Å². The molecule has 0 bridgehead atoms. The van der Waals surface area contributed by atoms with Gasteiger partial charge in [-0.25, -0.2) is 9.59 Å². The number of rotatable bonds is 10. The quantitative estimate of drug-likeness (QED) is 0.415. The number of amides is 1. The number of benzene rings is 1. The average Bonchev–Trinajstić information content (AvgIpc) is 3.07. The molecule has 31 heavy (non-hydrogen) atoms. The number of carbonyl (C=O) groups excluding carboxylic acids is 3. The summed E-state index contributed by atoms with van der Waals surface area (Å²) in [4.78, 5) is 37.5. The van der Waals surface area contributed by atoms with E-state index in [0.29, 0.717) is 17.9 Å². The van der Waals surface area contributed by atoms with Gasteiger partial charge in [0.25, 0.3) is 0 Å². The van der Waals surface area contributed by atoms with Crippen molar-refractivity contribution < 1.29 is 28.6 Å². The minimum absolute atomic E-state index is 0.156. The summed E-state index contributed by atoms with van der Waals surface area (Å²) < 4.78 is 15.8. The molecule has 0 aliphatic heterocycles. The van der Waals surface area contributed by atoms with Crippen LogP contribution in [0.25, 0.3) is 6.08 Å². The number of hydrogen-bond donors (Lipinski definition) is 1. The average molecular weight is 446 g/mol. The molecule has 2 rings (SSSR count). The van der Waals surface area contributed by atoms with Gasteiger partial charge >= 0.3 is 11.9 Å². The molecule has 1 aromatic heterocycles. The van der Waals surface area contributed by atoms with Crippen molar-refractivity contribution in [3.8, 4) is 5.75 Å². The number of thiophene rings is 1. The molecule has 0 unspecified atom stereocenters. The molecule has 7 nitrogen and oxygen atoms in total. The second kappa shape index (κ2) is 11.9. The lowest BCUT2D eigenvalue weighted by Gasteiger charge is -2.08. The molecule has 0 saturated carbocycles. The molecule has 0 aliphatic carbocycles.